The Labute approximate surface area is 97.8 Å². The maximum Gasteiger partial charge on any atom is 0.322 e. The van der Waals surface area contributed by atoms with Crippen molar-refractivity contribution in [2.24, 2.45) is 0 Å². The first-order valence-corrected chi connectivity index (χ1v) is 5.46. The molecule has 0 aromatic carbocycles. The van der Waals surface area contributed by atoms with Gasteiger partial charge in [-0.2, -0.15) is 0 Å². The van der Waals surface area contributed by atoms with E-state index in [9.17, 15) is 4.79 Å². The minimum Gasteiger partial charge on any atom is -0.335 e. The average molecular weight is 272 g/mol. The van der Waals surface area contributed by atoms with Gasteiger partial charge >= 0.3 is 6.03 Å². The molecule has 82 valence electrons. The molecule has 0 saturated heterocycles. The molecule has 1 aromatic rings. The fourth-order valence-electron chi connectivity index (χ4n) is 1.02. The van der Waals surface area contributed by atoms with Gasteiger partial charge in [0.25, 0.3) is 0 Å². The van der Waals surface area contributed by atoms with Crippen LogP contribution in [0.2, 0.25) is 0 Å². The Hall–Kier alpha value is -1.10. The number of nitrogens with zero attached hydrogens (tertiary/aromatic N) is 2. The zero-order valence-electron chi connectivity index (χ0n) is 8.99. The Morgan fingerprint density at radius 1 is 1.60 bits per heavy atom. The minimum atomic E-state index is -0.157. The molecular weight excluding hydrogens is 258 g/mol. The molecule has 0 spiro atoms. The van der Waals surface area contributed by atoms with Gasteiger partial charge in [0.2, 0.25) is 0 Å². The van der Waals surface area contributed by atoms with Crippen LogP contribution >= 0.6 is 15.9 Å². The van der Waals surface area contributed by atoms with E-state index in [2.05, 4.69) is 26.2 Å². The topological polar surface area (TPSA) is 45.2 Å². The van der Waals surface area contributed by atoms with E-state index in [1.165, 1.54) is 4.90 Å². The van der Waals surface area contributed by atoms with Crippen molar-refractivity contribution in [2.75, 3.05) is 11.9 Å². The molecule has 1 aromatic heterocycles. The van der Waals surface area contributed by atoms with Gasteiger partial charge in [-0.15, -0.1) is 0 Å². The maximum atomic E-state index is 11.6. The molecule has 2 amide bonds. The highest BCUT2D eigenvalue weighted by molar-refractivity contribution is 9.10. The molecule has 15 heavy (non-hydrogen) atoms. The van der Waals surface area contributed by atoms with Gasteiger partial charge in [0, 0.05) is 23.8 Å². The van der Waals surface area contributed by atoms with Crippen LogP contribution < -0.4 is 10.2 Å². The van der Waals surface area contributed by atoms with Crippen LogP contribution in [0.15, 0.2) is 22.8 Å². The van der Waals surface area contributed by atoms with E-state index >= 15 is 0 Å². The second-order valence-electron chi connectivity index (χ2n) is 3.50. The third-order valence-electron chi connectivity index (χ3n) is 1.77. The molecule has 0 atom stereocenters. The van der Waals surface area contributed by atoms with Crippen LogP contribution in [0.25, 0.3) is 0 Å². The second-order valence-corrected chi connectivity index (χ2v) is 4.41. The number of carbonyl (C=O) groups excluding carboxylic acids is 1. The summed E-state index contributed by atoms with van der Waals surface area (Å²) in [6.45, 7) is 3.83. The van der Waals surface area contributed by atoms with Crippen LogP contribution in [-0.4, -0.2) is 24.1 Å². The standard InChI is InChI=1S/C10H14BrN3O/c1-7(2)13-10(15)14(3)9-6-8(11)4-5-12-9/h4-7H,1-3H3,(H,13,15). The molecule has 0 saturated carbocycles. The predicted octanol–water partition coefficient (Wildman–Crippen LogP) is 2.40. The molecule has 1 heterocycles. The molecule has 1 rings (SSSR count). The normalized spacial score (nSPS) is 10.2. The molecule has 0 radical (unpaired) electrons. The molecule has 4 nitrogen and oxygen atoms in total. The van der Waals surface area contributed by atoms with Crippen LogP contribution in [0.1, 0.15) is 13.8 Å². The first kappa shape index (κ1) is 12.0. The van der Waals surface area contributed by atoms with E-state index in [1.54, 1.807) is 19.3 Å². The van der Waals surface area contributed by atoms with Gasteiger partial charge in [0.1, 0.15) is 5.82 Å². The summed E-state index contributed by atoms with van der Waals surface area (Å²) in [6, 6.07) is 3.57. The van der Waals surface area contributed by atoms with Crippen LogP contribution in [0.3, 0.4) is 0 Å². The monoisotopic (exact) mass is 271 g/mol. The molecule has 0 aliphatic carbocycles. The number of nitrogens with one attached hydrogen (secondary N) is 1. The van der Waals surface area contributed by atoms with Crippen molar-refractivity contribution in [2.45, 2.75) is 19.9 Å². The van der Waals surface area contributed by atoms with Crippen molar-refractivity contribution in [1.82, 2.24) is 10.3 Å². The molecule has 0 bridgehead atoms. The van der Waals surface area contributed by atoms with E-state index < -0.39 is 0 Å². The van der Waals surface area contributed by atoms with Gasteiger partial charge in [0.05, 0.1) is 0 Å². The van der Waals surface area contributed by atoms with Crippen LogP contribution in [0.4, 0.5) is 10.6 Å². The lowest BCUT2D eigenvalue weighted by atomic mass is 10.4. The van der Waals surface area contributed by atoms with Crippen molar-refractivity contribution >= 4 is 27.8 Å². The highest BCUT2D eigenvalue weighted by Crippen LogP contribution is 2.15. The quantitative estimate of drug-likeness (QED) is 0.898. The average Bonchev–Trinajstić information content (AvgIpc) is 2.15. The Bertz CT molecular complexity index is 354. The Balaban J connectivity index is 2.76. The number of hydrogen-bond acceptors (Lipinski definition) is 2. The third-order valence-corrected chi connectivity index (χ3v) is 2.26. The molecule has 0 fully saturated rings. The number of halogens is 1. The lowest BCUT2D eigenvalue weighted by Crippen LogP contribution is -2.41. The number of anilines is 1. The van der Waals surface area contributed by atoms with Crippen LogP contribution in [-0.2, 0) is 0 Å². The summed E-state index contributed by atoms with van der Waals surface area (Å²) in [7, 11) is 1.69. The summed E-state index contributed by atoms with van der Waals surface area (Å²) in [6.07, 6.45) is 1.65. The number of urea groups is 1. The fourth-order valence-corrected chi connectivity index (χ4v) is 1.35. The van der Waals surface area contributed by atoms with Crippen LogP contribution in [0.5, 0.6) is 0 Å². The molecular formula is C10H14BrN3O. The first-order chi connectivity index (χ1) is 7.00. The smallest absolute Gasteiger partial charge is 0.322 e. The highest BCUT2D eigenvalue weighted by atomic mass is 79.9. The number of carbonyl (C=O) groups is 1. The Morgan fingerprint density at radius 3 is 2.80 bits per heavy atom. The lowest BCUT2D eigenvalue weighted by molar-refractivity contribution is 0.245. The third kappa shape index (κ3) is 3.51. The largest absolute Gasteiger partial charge is 0.335 e. The maximum absolute atomic E-state index is 11.6. The van der Waals surface area contributed by atoms with E-state index in [-0.39, 0.29) is 12.1 Å². The zero-order chi connectivity index (χ0) is 11.4. The van der Waals surface area contributed by atoms with Crippen molar-refractivity contribution < 1.29 is 4.79 Å². The summed E-state index contributed by atoms with van der Waals surface area (Å²) in [4.78, 5) is 17.2. The molecule has 5 heteroatoms. The highest BCUT2D eigenvalue weighted by Gasteiger charge is 2.12. The van der Waals surface area contributed by atoms with E-state index in [0.29, 0.717) is 5.82 Å². The van der Waals surface area contributed by atoms with Crippen LogP contribution in [0, 0.1) is 0 Å². The fraction of sp³-hybridized carbons (Fsp3) is 0.400. The summed E-state index contributed by atoms with van der Waals surface area (Å²) in [5.41, 5.74) is 0. The van der Waals surface area contributed by atoms with Gasteiger partial charge in [-0.1, -0.05) is 15.9 Å². The number of aromatic nitrogens is 1. The van der Waals surface area contributed by atoms with E-state index in [0.717, 1.165) is 4.47 Å². The predicted molar refractivity (Wildman–Crippen MR) is 64.0 cm³/mol. The van der Waals surface area contributed by atoms with Crippen molar-refractivity contribution in [3.05, 3.63) is 22.8 Å². The van der Waals surface area contributed by atoms with Gasteiger partial charge in [0.15, 0.2) is 0 Å². The van der Waals surface area contributed by atoms with Gasteiger partial charge in [-0.3, -0.25) is 4.90 Å². The number of pyridine rings is 1. The number of rotatable bonds is 2. The number of amides is 2. The first-order valence-electron chi connectivity index (χ1n) is 4.66. The second kappa shape index (κ2) is 5.11. The molecule has 0 aliphatic rings. The number of hydrogen-bond donors (Lipinski definition) is 1. The van der Waals surface area contributed by atoms with Gasteiger partial charge in [-0.05, 0) is 26.0 Å². The Kier molecular flexibility index (Phi) is 4.08. The minimum absolute atomic E-state index is 0.118. The SMILES string of the molecule is CC(C)NC(=O)N(C)c1cc(Br)ccn1. The van der Waals surface area contributed by atoms with Gasteiger partial charge in [-0.25, -0.2) is 9.78 Å². The summed E-state index contributed by atoms with van der Waals surface area (Å²) in [5, 5.41) is 2.79. The van der Waals surface area contributed by atoms with E-state index in [4.69, 9.17) is 0 Å². The molecule has 0 unspecified atom stereocenters. The molecule has 1 N–H and O–H groups in total. The lowest BCUT2D eigenvalue weighted by Gasteiger charge is -2.18. The van der Waals surface area contributed by atoms with E-state index in [1.807, 2.05) is 19.9 Å². The summed E-state index contributed by atoms with van der Waals surface area (Å²) >= 11 is 3.33. The van der Waals surface area contributed by atoms with Crippen molar-refractivity contribution in [3.8, 4) is 0 Å². The van der Waals surface area contributed by atoms with Crippen molar-refractivity contribution in [3.63, 3.8) is 0 Å². The summed E-state index contributed by atoms with van der Waals surface area (Å²) < 4.78 is 0.900. The molecule has 0 aliphatic heterocycles. The van der Waals surface area contributed by atoms with Gasteiger partial charge < -0.3 is 5.32 Å². The van der Waals surface area contributed by atoms with Crippen molar-refractivity contribution in [1.29, 1.82) is 0 Å². The Morgan fingerprint density at radius 2 is 2.27 bits per heavy atom. The summed E-state index contributed by atoms with van der Waals surface area (Å²) in [5.74, 6) is 0.613. The zero-order valence-corrected chi connectivity index (χ0v) is 10.6.